The number of rotatable bonds is 9. The zero-order chi connectivity index (χ0) is 14.1. The summed E-state index contributed by atoms with van der Waals surface area (Å²) in [6, 6.07) is 0. The maximum absolute atomic E-state index is 11.0. The number of nitrogen functional groups attached to an aromatic ring is 1. The van der Waals surface area contributed by atoms with Crippen molar-refractivity contribution in [3.05, 3.63) is 16.4 Å². The molecule has 0 radical (unpaired) electrons. The first-order chi connectivity index (χ1) is 9.20. The van der Waals surface area contributed by atoms with Gasteiger partial charge in [0.25, 0.3) is 0 Å². The lowest BCUT2D eigenvalue weighted by Gasteiger charge is -2.07. The van der Waals surface area contributed by atoms with Crippen LogP contribution in [0.3, 0.4) is 0 Å². The molecule has 0 spiro atoms. The summed E-state index contributed by atoms with van der Waals surface area (Å²) < 4.78 is 0. The Morgan fingerprint density at radius 1 is 1.37 bits per heavy atom. The van der Waals surface area contributed by atoms with Crippen molar-refractivity contribution in [2.75, 3.05) is 29.3 Å². The molecular formula is C10H18N6O2S. The van der Waals surface area contributed by atoms with Crippen LogP contribution in [0.2, 0.25) is 0 Å². The molecule has 1 aromatic heterocycles. The number of hydrazine groups is 1. The molecule has 0 saturated carbocycles. The molecule has 0 bridgehead atoms. The summed E-state index contributed by atoms with van der Waals surface area (Å²) >= 11 is 1.81. The van der Waals surface area contributed by atoms with Gasteiger partial charge in [-0.15, -0.1) is 0 Å². The highest BCUT2D eigenvalue weighted by Gasteiger charge is 2.21. The Morgan fingerprint density at radius 3 is 2.74 bits per heavy atom. The summed E-state index contributed by atoms with van der Waals surface area (Å²) in [6.07, 6.45) is 6.47. The molecule has 8 nitrogen and oxygen atoms in total. The molecule has 0 unspecified atom stereocenters. The molecule has 0 aliphatic rings. The van der Waals surface area contributed by atoms with Gasteiger partial charge in [-0.25, -0.2) is 15.8 Å². The fraction of sp³-hybridized carbons (Fsp3) is 0.600. The molecule has 19 heavy (non-hydrogen) atoms. The molecule has 1 aromatic rings. The Morgan fingerprint density at radius 2 is 2.11 bits per heavy atom. The molecule has 0 saturated heterocycles. The number of nitrogens with one attached hydrogen (secondary N) is 2. The fourth-order valence-corrected chi connectivity index (χ4v) is 2.03. The maximum Gasteiger partial charge on any atom is 0.354 e. The Labute approximate surface area is 115 Å². The van der Waals surface area contributed by atoms with Gasteiger partial charge in [0.1, 0.15) is 6.33 Å². The van der Waals surface area contributed by atoms with Crippen LogP contribution in [0.5, 0.6) is 0 Å². The Bertz CT molecular complexity index is 417. The highest BCUT2D eigenvalue weighted by atomic mass is 32.2. The molecule has 0 fully saturated rings. The van der Waals surface area contributed by atoms with Crippen LogP contribution in [-0.4, -0.2) is 33.4 Å². The van der Waals surface area contributed by atoms with Gasteiger partial charge < -0.3 is 10.7 Å². The van der Waals surface area contributed by atoms with Gasteiger partial charge in [0, 0.05) is 6.54 Å². The minimum Gasteiger partial charge on any atom is -0.364 e. The predicted octanol–water partition coefficient (Wildman–Crippen LogP) is 1.62. The van der Waals surface area contributed by atoms with E-state index in [2.05, 4.69) is 27.0 Å². The van der Waals surface area contributed by atoms with E-state index < -0.39 is 4.92 Å². The lowest BCUT2D eigenvalue weighted by atomic mass is 10.2. The minimum atomic E-state index is -0.550. The van der Waals surface area contributed by atoms with Crippen LogP contribution in [0, 0.1) is 10.1 Å². The molecular weight excluding hydrogens is 268 g/mol. The largest absolute Gasteiger partial charge is 0.364 e. The van der Waals surface area contributed by atoms with Crippen molar-refractivity contribution >= 4 is 29.1 Å². The van der Waals surface area contributed by atoms with E-state index in [0.29, 0.717) is 6.54 Å². The van der Waals surface area contributed by atoms with E-state index in [4.69, 9.17) is 5.84 Å². The highest BCUT2D eigenvalue weighted by Crippen LogP contribution is 2.27. The number of nitrogens with two attached hydrogens (primary N) is 1. The van der Waals surface area contributed by atoms with Crippen LogP contribution < -0.4 is 16.6 Å². The van der Waals surface area contributed by atoms with Crippen molar-refractivity contribution in [2.24, 2.45) is 5.84 Å². The van der Waals surface area contributed by atoms with Crippen molar-refractivity contribution in [1.29, 1.82) is 0 Å². The maximum atomic E-state index is 11.0. The summed E-state index contributed by atoms with van der Waals surface area (Å²) in [5, 5.41) is 13.9. The Balaban J connectivity index is 2.55. The third kappa shape index (κ3) is 4.87. The zero-order valence-corrected chi connectivity index (χ0v) is 11.6. The van der Waals surface area contributed by atoms with Crippen LogP contribution in [0.4, 0.5) is 17.3 Å². The number of thioether (sulfide) groups is 1. The van der Waals surface area contributed by atoms with Gasteiger partial charge in [0.15, 0.2) is 0 Å². The average molecular weight is 286 g/mol. The number of aromatic nitrogens is 2. The summed E-state index contributed by atoms with van der Waals surface area (Å²) in [4.78, 5) is 18.0. The summed E-state index contributed by atoms with van der Waals surface area (Å²) in [5.41, 5.74) is 1.97. The number of nitro groups is 1. The number of hydrogen-bond acceptors (Lipinski definition) is 8. The van der Waals surface area contributed by atoms with E-state index in [9.17, 15) is 10.1 Å². The lowest BCUT2D eigenvalue weighted by Crippen LogP contribution is -2.14. The highest BCUT2D eigenvalue weighted by molar-refractivity contribution is 7.98. The number of unbranched alkanes of at least 4 members (excludes halogenated alkanes) is 2. The molecule has 9 heteroatoms. The van der Waals surface area contributed by atoms with Gasteiger partial charge in [-0.1, -0.05) is 6.42 Å². The van der Waals surface area contributed by atoms with Crippen molar-refractivity contribution < 1.29 is 4.92 Å². The average Bonchev–Trinajstić information content (AvgIpc) is 2.42. The van der Waals surface area contributed by atoms with Gasteiger partial charge in [0.05, 0.1) is 4.92 Å². The van der Waals surface area contributed by atoms with Gasteiger partial charge in [-0.3, -0.25) is 10.1 Å². The third-order valence-corrected chi connectivity index (χ3v) is 3.16. The lowest BCUT2D eigenvalue weighted by molar-refractivity contribution is -0.383. The van der Waals surface area contributed by atoms with Crippen molar-refractivity contribution in [3.8, 4) is 0 Å². The molecule has 1 heterocycles. The second-order valence-corrected chi connectivity index (χ2v) is 4.79. The van der Waals surface area contributed by atoms with E-state index in [0.717, 1.165) is 25.0 Å². The van der Waals surface area contributed by atoms with Gasteiger partial charge in [-0.05, 0) is 24.9 Å². The van der Waals surface area contributed by atoms with Gasteiger partial charge >= 0.3 is 5.69 Å². The molecule has 106 valence electrons. The zero-order valence-electron chi connectivity index (χ0n) is 10.8. The fourth-order valence-electron chi connectivity index (χ4n) is 1.54. The molecule has 0 aliphatic heterocycles. The molecule has 0 aromatic carbocycles. The topological polar surface area (TPSA) is 119 Å². The monoisotopic (exact) mass is 286 g/mol. The molecule has 0 atom stereocenters. The standard InChI is InChI=1S/C10H18N6O2S/c1-19-6-4-2-3-5-12-9-8(16(17)18)10(15-11)14-7-13-9/h7H,2-6,11H2,1H3,(H2,12,13,14,15). The second-order valence-electron chi connectivity index (χ2n) is 3.80. The third-order valence-electron chi connectivity index (χ3n) is 2.46. The van der Waals surface area contributed by atoms with Crippen LogP contribution in [0.25, 0.3) is 0 Å². The van der Waals surface area contributed by atoms with E-state index >= 15 is 0 Å². The Hall–Kier alpha value is -1.61. The van der Waals surface area contributed by atoms with Crippen molar-refractivity contribution in [3.63, 3.8) is 0 Å². The molecule has 0 amide bonds. The first-order valence-electron chi connectivity index (χ1n) is 5.89. The predicted molar refractivity (Wildman–Crippen MR) is 77.2 cm³/mol. The normalized spacial score (nSPS) is 10.2. The molecule has 4 N–H and O–H groups in total. The van der Waals surface area contributed by atoms with E-state index in [1.54, 1.807) is 0 Å². The van der Waals surface area contributed by atoms with Crippen LogP contribution >= 0.6 is 11.8 Å². The summed E-state index contributed by atoms with van der Waals surface area (Å²) in [5.74, 6) is 6.52. The molecule has 1 rings (SSSR count). The first kappa shape index (κ1) is 15.4. The van der Waals surface area contributed by atoms with Crippen LogP contribution in [-0.2, 0) is 0 Å². The second kappa shape index (κ2) is 8.48. The smallest absolute Gasteiger partial charge is 0.354 e. The molecule has 0 aliphatic carbocycles. The number of nitrogens with zero attached hydrogens (tertiary/aromatic N) is 3. The SMILES string of the molecule is CSCCCCCNc1ncnc(NN)c1[N+](=O)[O-]. The van der Waals surface area contributed by atoms with Gasteiger partial charge in [-0.2, -0.15) is 11.8 Å². The van der Waals surface area contributed by atoms with Crippen LogP contribution in [0.1, 0.15) is 19.3 Å². The number of hydrogen-bond donors (Lipinski definition) is 3. The summed E-state index contributed by atoms with van der Waals surface area (Å²) in [7, 11) is 0. The first-order valence-corrected chi connectivity index (χ1v) is 7.29. The quantitative estimate of drug-likeness (QED) is 0.271. The van der Waals surface area contributed by atoms with Crippen LogP contribution in [0.15, 0.2) is 6.33 Å². The van der Waals surface area contributed by atoms with Crippen molar-refractivity contribution in [1.82, 2.24) is 9.97 Å². The number of anilines is 2. The van der Waals surface area contributed by atoms with Crippen molar-refractivity contribution in [2.45, 2.75) is 19.3 Å². The van der Waals surface area contributed by atoms with E-state index in [-0.39, 0.29) is 17.3 Å². The van der Waals surface area contributed by atoms with E-state index in [1.807, 2.05) is 11.8 Å². The van der Waals surface area contributed by atoms with E-state index in [1.165, 1.54) is 6.33 Å². The Kier molecular flexibility index (Phi) is 6.90. The summed E-state index contributed by atoms with van der Waals surface area (Å²) in [6.45, 7) is 0.635. The van der Waals surface area contributed by atoms with Gasteiger partial charge in [0.2, 0.25) is 11.6 Å². The minimum absolute atomic E-state index is 0.00452.